The zero-order chi connectivity index (χ0) is 17.5. The Kier molecular flexibility index (Phi) is 7.22. The molecule has 1 fully saturated rings. The quantitative estimate of drug-likeness (QED) is 0.307. The summed E-state index contributed by atoms with van der Waals surface area (Å²) in [4.78, 5) is 36.4. The van der Waals surface area contributed by atoms with Crippen LogP contribution in [0.5, 0.6) is 0 Å². The molecular weight excluding hydrogens is 302 g/mol. The molecule has 1 aliphatic heterocycles. The van der Waals surface area contributed by atoms with Gasteiger partial charge in [-0.1, -0.05) is 6.08 Å². The zero-order valence-corrected chi connectivity index (χ0v) is 13.9. The lowest BCUT2D eigenvalue weighted by Crippen LogP contribution is -2.54. The lowest BCUT2D eigenvalue weighted by Gasteiger charge is -2.28. The molecule has 0 aliphatic carbocycles. The largest absolute Gasteiger partial charge is 0.468 e. The van der Waals surface area contributed by atoms with Gasteiger partial charge in [-0.15, -0.1) is 6.58 Å². The average Bonchev–Trinajstić information content (AvgIpc) is 2.92. The Labute approximate surface area is 136 Å². The number of methoxy groups -OCH3 is 1. The van der Waals surface area contributed by atoms with E-state index >= 15 is 0 Å². The van der Waals surface area contributed by atoms with Crippen molar-refractivity contribution in [2.24, 2.45) is 5.92 Å². The first kappa shape index (κ1) is 19.2. The van der Waals surface area contributed by atoms with Gasteiger partial charge in [-0.2, -0.15) is 0 Å². The standard InChI is InChI=1S/C16H25NO6/c1-5-9-16(15(20)21-4)10-8-11(17-16)12(13(18)22-6-2)14(19)23-7-3/h5,11-12,17H,1,6-10H2,2-4H3/t11-,16-/m0/s1. The van der Waals surface area contributed by atoms with E-state index in [1.807, 2.05) is 0 Å². The highest BCUT2D eigenvalue weighted by Gasteiger charge is 2.50. The topological polar surface area (TPSA) is 90.9 Å². The monoisotopic (exact) mass is 327 g/mol. The number of hydrogen-bond acceptors (Lipinski definition) is 7. The van der Waals surface area contributed by atoms with Crippen molar-refractivity contribution in [3.8, 4) is 0 Å². The maximum atomic E-state index is 12.2. The Morgan fingerprint density at radius 3 is 2.26 bits per heavy atom. The van der Waals surface area contributed by atoms with Gasteiger partial charge in [0, 0.05) is 6.04 Å². The van der Waals surface area contributed by atoms with Crippen LogP contribution in [0.3, 0.4) is 0 Å². The summed E-state index contributed by atoms with van der Waals surface area (Å²) < 4.78 is 14.8. The van der Waals surface area contributed by atoms with Crippen molar-refractivity contribution in [1.29, 1.82) is 0 Å². The molecule has 0 radical (unpaired) electrons. The summed E-state index contributed by atoms with van der Waals surface area (Å²) in [5.41, 5.74) is -0.974. The summed E-state index contributed by atoms with van der Waals surface area (Å²) in [6.07, 6.45) is 2.83. The average molecular weight is 327 g/mol. The van der Waals surface area contributed by atoms with E-state index < -0.39 is 35.4 Å². The van der Waals surface area contributed by atoms with Crippen LogP contribution in [0.4, 0.5) is 0 Å². The summed E-state index contributed by atoms with van der Waals surface area (Å²) in [6.45, 7) is 7.31. The van der Waals surface area contributed by atoms with Crippen LogP contribution >= 0.6 is 0 Å². The second-order valence-electron chi connectivity index (χ2n) is 5.34. The molecule has 0 aromatic rings. The molecule has 0 aromatic heterocycles. The van der Waals surface area contributed by atoms with Crippen molar-refractivity contribution in [2.45, 2.75) is 44.7 Å². The predicted octanol–water partition coefficient (Wildman–Crippen LogP) is 0.969. The Balaban J connectivity index is 3.00. The molecule has 1 heterocycles. The highest BCUT2D eigenvalue weighted by molar-refractivity contribution is 5.96. The van der Waals surface area contributed by atoms with Crippen LogP contribution in [0.25, 0.3) is 0 Å². The van der Waals surface area contributed by atoms with Gasteiger partial charge < -0.3 is 14.2 Å². The van der Waals surface area contributed by atoms with E-state index in [9.17, 15) is 14.4 Å². The molecule has 130 valence electrons. The van der Waals surface area contributed by atoms with Gasteiger partial charge in [-0.3, -0.25) is 19.7 Å². The van der Waals surface area contributed by atoms with Gasteiger partial charge in [-0.25, -0.2) is 0 Å². The van der Waals surface area contributed by atoms with Gasteiger partial charge in [0.2, 0.25) is 0 Å². The lowest BCUT2D eigenvalue weighted by molar-refractivity contribution is -0.163. The van der Waals surface area contributed by atoms with E-state index in [1.165, 1.54) is 7.11 Å². The molecule has 1 rings (SSSR count). The second kappa shape index (κ2) is 8.67. The third kappa shape index (κ3) is 4.31. The van der Waals surface area contributed by atoms with Crippen LogP contribution in [0, 0.1) is 5.92 Å². The van der Waals surface area contributed by atoms with Crippen LogP contribution in [-0.2, 0) is 28.6 Å². The van der Waals surface area contributed by atoms with Gasteiger partial charge in [-0.05, 0) is 33.1 Å². The number of rotatable bonds is 8. The van der Waals surface area contributed by atoms with Crippen molar-refractivity contribution in [1.82, 2.24) is 5.32 Å². The first-order chi connectivity index (χ1) is 11.0. The second-order valence-corrected chi connectivity index (χ2v) is 5.34. The van der Waals surface area contributed by atoms with Crippen LogP contribution in [-0.4, -0.2) is 49.8 Å². The molecule has 0 aromatic carbocycles. The van der Waals surface area contributed by atoms with Crippen molar-refractivity contribution in [3.63, 3.8) is 0 Å². The normalized spacial score (nSPS) is 23.4. The highest BCUT2D eigenvalue weighted by atomic mass is 16.6. The van der Waals surface area contributed by atoms with Gasteiger partial charge in [0.15, 0.2) is 5.92 Å². The summed E-state index contributed by atoms with van der Waals surface area (Å²) in [6, 6.07) is -0.549. The molecule has 2 atom stereocenters. The van der Waals surface area contributed by atoms with Crippen molar-refractivity contribution in [2.75, 3.05) is 20.3 Å². The number of esters is 3. The smallest absolute Gasteiger partial charge is 0.326 e. The molecular formula is C16H25NO6. The van der Waals surface area contributed by atoms with Gasteiger partial charge in [0.25, 0.3) is 0 Å². The van der Waals surface area contributed by atoms with Crippen molar-refractivity contribution >= 4 is 17.9 Å². The molecule has 0 amide bonds. The molecule has 23 heavy (non-hydrogen) atoms. The summed E-state index contributed by atoms with van der Waals surface area (Å²) >= 11 is 0. The Morgan fingerprint density at radius 1 is 1.26 bits per heavy atom. The summed E-state index contributed by atoms with van der Waals surface area (Å²) in [5.74, 6) is -2.84. The summed E-state index contributed by atoms with van der Waals surface area (Å²) in [5, 5.41) is 3.09. The number of carbonyl (C=O) groups is 3. The van der Waals surface area contributed by atoms with E-state index in [1.54, 1.807) is 19.9 Å². The zero-order valence-electron chi connectivity index (χ0n) is 13.9. The SMILES string of the molecule is C=CC[C@@]1(C(=O)OC)CC[C@@H](C(C(=O)OCC)C(=O)OCC)N1. The van der Waals surface area contributed by atoms with E-state index in [0.717, 1.165) is 0 Å². The third-order valence-electron chi connectivity index (χ3n) is 3.90. The molecule has 0 spiro atoms. The highest BCUT2D eigenvalue weighted by Crippen LogP contribution is 2.32. The summed E-state index contributed by atoms with van der Waals surface area (Å²) in [7, 11) is 1.30. The van der Waals surface area contributed by atoms with E-state index in [0.29, 0.717) is 19.3 Å². The maximum absolute atomic E-state index is 12.2. The number of ether oxygens (including phenoxy) is 3. The Hall–Kier alpha value is -1.89. The Morgan fingerprint density at radius 2 is 1.83 bits per heavy atom. The molecule has 7 nitrogen and oxygen atoms in total. The fourth-order valence-electron chi connectivity index (χ4n) is 2.89. The lowest BCUT2D eigenvalue weighted by atomic mass is 9.93. The van der Waals surface area contributed by atoms with Crippen LogP contribution < -0.4 is 5.32 Å². The number of nitrogens with one attached hydrogen (secondary N) is 1. The van der Waals surface area contributed by atoms with Crippen molar-refractivity contribution in [3.05, 3.63) is 12.7 Å². The van der Waals surface area contributed by atoms with E-state index in [2.05, 4.69) is 11.9 Å². The first-order valence-electron chi connectivity index (χ1n) is 7.76. The molecule has 0 unspecified atom stereocenters. The van der Waals surface area contributed by atoms with E-state index in [4.69, 9.17) is 14.2 Å². The fourth-order valence-corrected chi connectivity index (χ4v) is 2.89. The molecule has 7 heteroatoms. The molecule has 1 N–H and O–H groups in total. The van der Waals surface area contributed by atoms with E-state index in [-0.39, 0.29) is 13.2 Å². The van der Waals surface area contributed by atoms with Gasteiger partial charge >= 0.3 is 17.9 Å². The van der Waals surface area contributed by atoms with Crippen molar-refractivity contribution < 1.29 is 28.6 Å². The molecule has 1 saturated heterocycles. The third-order valence-corrected chi connectivity index (χ3v) is 3.90. The van der Waals surface area contributed by atoms with Crippen LogP contribution in [0.1, 0.15) is 33.1 Å². The first-order valence-corrected chi connectivity index (χ1v) is 7.76. The minimum absolute atomic E-state index is 0.163. The van der Waals surface area contributed by atoms with Crippen LogP contribution in [0.15, 0.2) is 12.7 Å². The molecule has 0 saturated carbocycles. The minimum atomic E-state index is -1.11. The maximum Gasteiger partial charge on any atom is 0.326 e. The van der Waals surface area contributed by atoms with Gasteiger partial charge in [0.05, 0.1) is 20.3 Å². The molecule has 0 bridgehead atoms. The number of carbonyl (C=O) groups excluding carboxylic acids is 3. The number of hydrogen-bond donors (Lipinski definition) is 1. The molecule has 1 aliphatic rings. The minimum Gasteiger partial charge on any atom is -0.468 e. The van der Waals surface area contributed by atoms with Crippen LogP contribution in [0.2, 0.25) is 0 Å². The predicted molar refractivity (Wildman–Crippen MR) is 82.5 cm³/mol. The fraction of sp³-hybridized carbons (Fsp3) is 0.688. The Bertz CT molecular complexity index is 445. The van der Waals surface area contributed by atoms with Gasteiger partial charge in [0.1, 0.15) is 5.54 Å².